The number of nitrogens with one attached hydrogen (secondary N) is 3. The molecule has 1 aliphatic rings. The highest BCUT2D eigenvalue weighted by Crippen LogP contribution is 2.25. The molecule has 0 saturated carbocycles. The van der Waals surface area contributed by atoms with E-state index >= 15 is 0 Å². The third-order valence-corrected chi connectivity index (χ3v) is 5.43. The number of carbonyl (C=O) groups excluding carboxylic acids is 2. The van der Waals surface area contributed by atoms with Gasteiger partial charge in [0.25, 0.3) is 5.91 Å². The second-order valence-corrected chi connectivity index (χ2v) is 7.91. The van der Waals surface area contributed by atoms with Gasteiger partial charge in [-0.25, -0.2) is 9.18 Å². The van der Waals surface area contributed by atoms with Crippen LogP contribution in [0.25, 0.3) is 0 Å². The Morgan fingerprint density at radius 3 is 2.52 bits per heavy atom. The van der Waals surface area contributed by atoms with E-state index in [1.54, 1.807) is 12.1 Å². The van der Waals surface area contributed by atoms with Crippen LogP contribution in [0.3, 0.4) is 0 Å². The van der Waals surface area contributed by atoms with Crippen molar-refractivity contribution in [2.24, 2.45) is 5.73 Å². The molecular weight excluding hydrogens is 468 g/mol. The molecule has 1 fully saturated rings. The van der Waals surface area contributed by atoms with Crippen molar-refractivity contribution in [1.29, 1.82) is 5.41 Å². The molecule has 0 aromatic heterocycles. The number of hydrogen-bond donors (Lipinski definition) is 4. The van der Waals surface area contributed by atoms with Crippen LogP contribution in [-0.4, -0.2) is 42.2 Å². The van der Waals surface area contributed by atoms with Gasteiger partial charge in [-0.3, -0.25) is 10.2 Å². The number of urea groups is 1. The van der Waals surface area contributed by atoms with Gasteiger partial charge >= 0.3 is 6.03 Å². The van der Waals surface area contributed by atoms with Gasteiger partial charge in [0, 0.05) is 35.1 Å². The molecule has 0 spiro atoms. The quantitative estimate of drug-likeness (QED) is 0.388. The molecule has 1 aliphatic heterocycles. The van der Waals surface area contributed by atoms with Gasteiger partial charge in [-0.2, -0.15) is 0 Å². The number of amides is 3. The van der Waals surface area contributed by atoms with Gasteiger partial charge in [0.15, 0.2) is 0 Å². The average Bonchev–Trinajstić information content (AvgIpc) is 2.70. The smallest absolute Gasteiger partial charge is 0.322 e. The first-order chi connectivity index (χ1) is 14.7. The van der Waals surface area contributed by atoms with Crippen molar-refractivity contribution in [3.8, 4) is 0 Å². The number of nitrogens with two attached hydrogens (primary N) is 1. The molecule has 0 radical (unpaired) electrons. The normalized spacial score (nSPS) is 15.2. The third kappa shape index (κ3) is 5.46. The summed E-state index contributed by atoms with van der Waals surface area (Å²) in [5.41, 5.74) is 5.85. The summed E-state index contributed by atoms with van der Waals surface area (Å²) >= 11 is 17.7. The first-order valence-corrected chi connectivity index (χ1v) is 10.1. The summed E-state index contributed by atoms with van der Waals surface area (Å²) in [4.78, 5) is 26.2. The van der Waals surface area contributed by atoms with Crippen LogP contribution in [0.2, 0.25) is 15.1 Å². The topological polar surface area (TPSA) is 111 Å². The Bertz CT molecular complexity index is 1090. The highest BCUT2D eigenvalue weighted by atomic mass is 35.5. The fraction of sp³-hybridized carbons (Fsp3) is 0.150. The Balaban J connectivity index is 1.85. The maximum absolute atomic E-state index is 13.7. The zero-order valence-corrected chi connectivity index (χ0v) is 18.2. The predicted octanol–water partition coefficient (Wildman–Crippen LogP) is 4.03. The Labute approximate surface area is 192 Å². The van der Waals surface area contributed by atoms with Crippen LogP contribution in [0, 0.1) is 11.2 Å². The van der Waals surface area contributed by atoms with Crippen molar-refractivity contribution in [3.63, 3.8) is 0 Å². The first-order valence-electron chi connectivity index (χ1n) is 8.99. The molecule has 0 unspecified atom stereocenters. The van der Waals surface area contributed by atoms with Gasteiger partial charge in [0.1, 0.15) is 5.82 Å². The van der Waals surface area contributed by atoms with E-state index in [2.05, 4.69) is 10.6 Å². The maximum Gasteiger partial charge on any atom is 0.322 e. The highest BCUT2D eigenvalue weighted by molar-refractivity contribution is 6.42. The van der Waals surface area contributed by atoms with Gasteiger partial charge < -0.3 is 21.3 Å². The number of piperazine rings is 1. The largest absolute Gasteiger partial charge is 0.384 e. The van der Waals surface area contributed by atoms with Crippen LogP contribution in [0.5, 0.6) is 0 Å². The number of primary amides is 1. The molecule has 7 nitrogen and oxygen atoms in total. The van der Waals surface area contributed by atoms with E-state index in [4.69, 9.17) is 45.9 Å². The molecule has 2 aromatic rings. The van der Waals surface area contributed by atoms with E-state index in [1.165, 1.54) is 17.0 Å². The van der Waals surface area contributed by atoms with Crippen molar-refractivity contribution in [2.75, 3.05) is 25.0 Å². The molecule has 1 heterocycles. The zero-order valence-electron chi connectivity index (χ0n) is 15.9. The second-order valence-electron chi connectivity index (χ2n) is 6.66. The molecule has 162 valence electrons. The zero-order chi connectivity index (χ0) is 22.7. The summed E-state index contributed by atoms with van der Waals surface area (Å²) in [6.07, 6.45) is 0. The van der Waals surface area contributed by atoms with E-state index in [0.29, 0.717) is 28.8 Å². The molecule has 0 aliphatic carbocycles. The van der Waals surface area contributed by atoms with Crippen LogP contribution in [0.4, 0.5) is 14.9 Å². The monoisotopic (exact) mass is 483 g/mol. The van der Waals surface area contributed by atoms with E-state index in [9.17, 15) is 14.0 Å². The Morgan fingerprint density at radius 1 is 1.13 bits per heavy atom. The number of hydrogen-bond acceptors (Lipinski definition) is 4. The molecule has 31 heavy (non-hydrogen) atoms. The Kier molecular flexibility index (Phi) is 7.04. The lowest BCUT2D eigenvalue weighted by molar-refractivity contribution is -0.114. The van der Waals surface area contributed by atoms with Crippen LogP contribution in [0.15, 0.2) is 47.7 Å². The Hall–Kier alpha value is -2.81. The van der Waals surface area contributed by atoms with Crippen molar-refractivity contribution in [3.05, 3.63) is 74.1 Å². The lowest BCUT2D eigenvalue weighted by Crippen LogP contribution is -2.48. The number of halogens is 4. The molecule has 0 atom stereocenters. The van der Waals surface area contributed by atoms with Crippen LogP contribution in [-0.2, 0) is 4.79 Å². The minimum atomic E-state index is -0.889. The molecule has 1 saturated heterocycles. The van der Waals surface area contributed by atoms with E-state index in [-0.39, 0.29) is 34.1 Å². The molecule has 0 bridgehead atoms. The minimum Gasteiger partial charge on any atom is -0.384 e. The van der Waals surface area contributed by atoms with E-state index in [0.717, 1.165) is 12.1 Å². The SMILES string of the molecule is N=C(/C(C(N)=O)=C1/CN(C(=O)Nc2ccc(Cl)c(Cl)c2)CCN1)c1cc(F)cc(Cl)c1. The fourth-order valence-electron chi connectivity index (χ4n) is 3.05. The fourth-order valence-corrected chi connectivity index (χ4v) is 3.57. The highest BCUT2D eigenvalue weighted by Gasteiger charge is 2.26. The van der Waals surface area contributed by atoms with Crippen molar-refractivity contribution in [2.45, 2.75) is 0 Å². The molecule has 3 amide bonds. The molecular formula is C20H17Cl3FN5O2. The average molecular weight is 485 g/mol. The van der Waals surface area contributed by atoms with Crippen molar-refractivity contribution in [1.82, 2.24) is 10.2 Å². The predicted molar refractivity (Wildman–Crippen MR) is 120 cm³/mol. The summed E-state index contributed by atoms with van der Waals surface area (Å²) in [5, 5.41) is 14.8. The second kappa shape index (κ2) is 9.55. The number of benzene rings is 2. The van der Waals surface area contributed by atoms with Crippen LogP contribution < -0.4 is 16.4 Å². The van der Waals surface area contributed by atoms with Crippen LogP contribution in [0.1, 0.15) is 5.56 Å². The lowest BCUT2D eigenvalue weighted by Gasteiger charge is -2.31. The van der Waals surface area contributed by atoms with Gasteiger partial charge in [-0.15, -0.1) is 0 Å². The van der Waals surface area contributed by atoms with Gasteiger partial charge in [-0.1, -0.05) is 34.8 Å². The Morgan fingerprint density at radius 2 is 1.87 bits per heavy atom. The summed E-state index contributed by atoms with van der Waals surface area (Å²) in [6.45, 7) is 0.636. The molecule has 5 N–H and O–H groups in total. The summed E-state index contributed by atoms with van der Waals surface area (Å²) in [5.74, 6) is -1.54. The standard InChI is InChI=1S/C20H17Cl3FN5O2/c21-11-5-10(6-12(24)7-11)18(25)17(19(26)30)16-9-29(4-3-27-16)20(31)28-13-1-2-14(22)15(23)8-13/h1-2,5-8,25,27H,3-4,9H2,(H2,26,30)(H,28,31)/b17-16+,25-18?. The van der Waals surface area contributed by atoms with E-state index < -0.39 is 17.8 Å². The van der Waals surface area contributed by atoms with Crippen molar-refractivity contribution < 1.29 is 14.0 Å². The third-order valence-electron chi connectivity index (χ3n) is 4.48. The maximum atomic E-state index is 13.7. The van der Waals surface area contributed by atoms with Crippen molar-refractivity contribution >= 4 is 58.1 Å². The number of nitrogens with zero attached hydrogens (tertiary/aromatic N) is 1. The van der Waals surface area contributed by atoms with Gasteiger partial charge in [0.2, 0.25) is 0 Å². The van der Waals surface area contributed by atoms with Crippen LogP contribution >= 0.6 is 34.8 Å². The summed E-state index contributed by atoms with van der Waals surface area (Å²) < 4.78 is 13.7. The molecule has 11 heteroatoms. The van der Waals surface area contributed by atoms with Gasteiger partial charge in [0.05, 0.1) is 27.9 Å². The van der Waals surface area contributed by atoms with Gasteiger partial charge in [-0.05, 0) is 36.4 Å². The number of rotatable bonds is 4. The number of carbonyl (C=O) groups is 2. The molecule has 3 rings (SSSR count). The first kappa shape index (κ1) is 22.9. The van der Waals surface area contributed by atoms with E-state index in [1.807, 2.05) is 0 Å². The number of anilines is 1. The molecule has 2 aromatic carbocycles. The summed E-state index contributed by atoms with van der Waals surface area (Å²) in [6, 6.07) is 7.75. The lowest BCUT2D eigenvalue weighted by atomic mass is 9.99. The minimum absolute atomic E-state index is 0.0170. The summed E-state index contributed by atoms with van der Waals surface area (Å²) in [7, 11) is 0.